The number of likely N-dealkylation sites (tertiary alicyclic amines) is 1. The number of aromatic nitrogens is 1. The molecule has 1 aromatic rings. The summed E-state index contributed by atoms with van der Waals surface area (Å²) < 4.78 is 5.65. The largest absolute Gasteiger partial charge is 0.375 e. The summed E-state index contributed by atoms with van der Waals surface area (Å²) in [6.07, 6.45) is 7.69. The van der Waals surface area contributed by atoms with E-state index in [1.807, 2.05) is 6.20 Å². The maximum Gasteiger partial charge on any atom is 0.194 e. The topological polar surface area (TPSA) is 53.0 Å². The Morgan fingerprint density at radius 1 is 1.37 bits per heavy atom. The fraction of sp³-hybridized carbons (Fsp3) is 0.714. The Labute approximate surface area is 163 Å². The monoisotopic (exact) mass is 371 g/mol. The fourth-order valence-electron chi connectivity index (χ4n) is 4.55. The van der Waals surface area contributed by atoms with Gasteiger partial charge in [0.25, 0.3) is 0 Å². The van der Waals surface area contributed by atoms with E-state index < -0.39 is 0 Å². The summed E-state index contributed by atoms with van der Waals surface area (Å²) in [5.41, 5.74) is 1.81. The van der Waals surface area contributed by atoms with Gasteiger partial charge in [0.2, 0.25) is 0 Å². The molecule has 1 aromatic heterocycles. The first-order valence-electron chi connectivity index (χ1n) is 10.5. The maximum absolute atomic E-state index is 5.65. The number of pyridine rings is 1. The summed E-state index contributed by atoms with van der Waals surface area (Å²) in [7, 11) is 0. The number of hydrogen-bond donors (Lipinski definition) is 1. The highest BCUT2D eigenvalue weighted by molar-refractivity contribution is 5.80. The normalized spacial score (nSPS) is 25.0. The molecule has 3 fully saturated rings. The molecular weight excluding hydrogens is 338 g/mol. The Morgan fingerprint density at radius 2 is 2.26 bits per heavy atom. The van der Waals surface area contributed by atoms with Gasteiger partial charge in [-0.25, -0.2) is 9.98 Å². The molecule has 0 bridgehead atoms. The number of nitrogens with one attached hydrogen (secondary N) is 1. The molecule has 3 heterocycles. The van der Waals surface area contributed by atoms with Crippen molar-refractivity contribution < 1.29 is 4.74 Å². The zero-order valence-electron chi connectivity index (χ0n) is 16.8. The van der Waals surface area contributed by atoms with Gasteiger partial charge in [-0.05, 0) is 56.2 Å². The minimum atomic E-state index is 0.261. The van der Waals surface area contributed by atoms with E-state index in [1.165, 1.54) is 37.8 Å². The number of hydrogen-bond acceptors (Lipinski definition) is 4. The lowest BCUT2D eigenvalue weighted by molar-refractivity contribution is 0.0529. The van der Waals surface area contributed by atoms with Crippen LogP contribution in [0.2, 0.25) is 0 Å². The van der Waals surface area contributed by atoms with Crippen molar-refractivity contribution in [2.24, 2.45) is 10.4 Å². The third-order valence-electron chi connectivity index (χ3n) is 6.27. The molecule has 6 heteroatoms. The molecule has 0 amide bonds. The van der Waals surface area contributed by atoms with Crippen LogP contribution in [-0.2, 0) is 11.3 Å². The second-order valence-electron chi connectivity index (χ2n) is 8.34. The summed E-state index contributed by atoms with van der Waals surface area (Å²) in [5, 5.41) is 3.50. The predicted octanol–water partition coefficient (Wildman–Crippen LogP) is 2.65. The first kappa shape index (κ1) is 18.5. The van der Waals surface area contributed by atoms with E-state index >= 15 is 0 Å². The molecular formula is C21H33N5O. The van der Waals surface area contributed by atoms with Crippen molar-refractivity contribution in [3.05, 3.63) is 23.9 Å². The molecule has 148 valence electrons. The second-order valence-corrected chi connectivity index (χ2v) is 8.34. The highest BCUT2D eigenvalue weighted by atomic mass is 16.5. The summed E-state index contributed by atoms with van der Waals surface area (Å²) in [6.45, 7) is 10.8. The van der Waals surface area contributed by atoms with Gasteiger partial charge in [0, 0.05) is 38.9 Å². The molecule has 27 heavy (non-hydrogen) atoms. The van der Waals surface area contributed by atoms with Gasteiger partial charge in [0.15, 0.2) is 5.96 Å². The maximum atomic E-state index is 5.65. The van der Waals surface area contributed by atoms with E-state index in [2.05, 4.69) is 46.1 Å². The molecule has 2 saturated heterocycles. The smallest absolute Gasteiger partial charge is 0.194 e. The van der Waals surface area contributed by atoms with Crippen molar-refractivity contribution in [1.82, 2.24) is 15.2 Å². The lowest BCUT2D eigenvalue weighted by atomic mass is 9.68. The van der Waals surface area contributed by atoms with Gasteiger partial charge in [-0.2, -0.15) is 0 Å². The predicted molar refractivity (Wildman–Crippen MR) is 109 cm³/mol. The Bertz CT molecular complexity index is 672. The molecule has 0 aromatic carbocycles. The third-order valence-corrected chi connectivity index (χ3v) is 6.27. The van der Waals surface area contributed by atoms with Crippen LogP contribution in [0.3, 0.4) is 0 Å². The van der Waals surface area contributed by atoms with Gasteiger partial charge in [0.1, 0.15) is 5.82 Å². The van der Waals surface area contributed by atoms with Crippen LogP contribution in [0.25, 0.3) is 0 Å². The highest BCUT2D eigenvalue weighted by Crippen LogP contribution is 2.47. The average molecular weight is 372 g/mol. The average Bonchev–Trinajstić information content (AvgIpc) is 3.11. The first-order valence-corrected chi connectivity index (χ1v) is 10.5. The zero-order chi connectivity index (χ0) is 18.7. The van der Waals surface area contributed by atoms with Crippen molar-refractivity contribution in [3.8, 4) is 0 Å². The van der Waals surface area contributed by atoms with Crippen LogP contribution >= 0.6 is 0 Å². The van der Waals surface area contributed by atoms with E-state index in [-0.39, 0.29) is 6.10 Å². The van der Waals surface area contributed by atoms with Crippen molar-refractivity contribution in [2.45, 2.75) is 52.2 Å². The standard InChI is InChI=1S/C21H33N5O/c1-3-22-20(26-10-8-21(16-26)6-4-7-21)24-14-18-5-9-23-19(13-18)25-11-12-27-17(2)15-25/h5,9,13,17H,3-4,6-8,10-12,14-16H2,1-2H3,(H,22,24). The van der Waals surface area contributed by atoms with Crippen LogP contribution in [0, 0.1) is 5.41 Å². The summed E-state index contributed by atoms with van der Waals surface area (Å²) in [5.74, 6) is 2.11. The van der Waals surface area contributed by atoms with Crippen LogP contribution < -0.4 is 10.2 Å². The highest BCUT2D eigenvalue weighted by Gasteiger charge is 2.43. The Morgan fingerprint density at radius 3 is 2.96 bits per heavy atom. The zero-order valence-corrected chi connectivity index (χ0v) is 16.8. The van der Waals surface area contributed by atoms with Gasteiger partial charge in [-0.15, -0.1) is 0 Å². The molecule has 6 nitrogen and oxygen atoms in total. The summed E-state index contributed by atoms with van der Waals surface area (Å²) in [6, 6.07) is 4.26. The number of anilines is 1. The molecule has 1 atom stereocenters. The Kier molecular flexibility index (Phi) is 5.53. The Balaban J connectivity index is 1.43. The van der Waals surface area contributed by atoms with Gasteiger partial charge in [0.05, 0.1) is 19.3 Å². The van der Waals surface area contributed by atoms with E-state index in [4.69, 9.17) is 9.73 Å². The van der Waals surface area contributed by atoms with Crippen LogP contribution in [-0.4, -0.2) is 61.3 Å². The Hall–Kier alpha value is -1.82. The SMILES string of the molecule is CCNC(=NCc1ccnc(N2CCOC(C)C2)c1)N1CCC2(CCC2)C1. The summed E-state index contributed by atoms with van der Waals surface area (Å²) >= 11 is 0. The molecule has 1 saturated carbocycles. The van der Waals surface area contributed by atoms with Crippen molar-refractivity contribution in [1.29, 1.82) is 0 Å². The first-order chi connectivity index (χ1) is 13.2. The molecule has 3 aliphatic rings. The molecule has 1 N–H and O–H groups in total. The van der Waals surface area contributed by atoms with E-state index in [9.17, 15) is 0 Å². The van der Waals surface area contributed by atoms with E-state index in [0.29, 0.717) is 12.0 Å². The quantitative estimate of drug-likeness (QED) is 0.651. The number of guanidine groups is 1. The van der Waals surface area contributed by atoms with Crippen molar-refractivity contribution in [3.63, 3.8) is 0 Å². The third kappa shape index (κ3) is 4.21. The number of morpholine rings is 1. The van der Waals surface area contributed by atoms with E-state index in [0.717, 1.165) is 44.6 Å². The number of aliphatic imine (C=N–C) groups is 1. The van der Waals surface area contributed by atoms with Crippen molar-refractivity contribution >= 4 is 11.8 Å². The van der Waals surface area contributed by atoms with Crippen LogP contribution in [0.15, 0.2) is 23.3 Å². The molecule has 1 unspecified atom stereocenters. The number of rotatable bonds is 4. The van der Waals surface area contributed by atoms with Crippen LogP contribution in [0.1, 0.15) is 45.1 Å². The van der Waals surface area contributed by atoms with Gasteiger partial charge < -0.3 is 19.9 Å². The van der Waals surface area contributed by atoms with Crippen LogP contribution in [0.4, 0.5) is 5.82 Å². The minimum absolute atomic E-state index is 0.261. The molecule has 2 aliphatic heterocycles. The second kappa shape index (κ2) is 8.05. The van der Waals surface area contributed by atoms with Gasteiger partial charge in [-0.1, -0.05) is 6.42 Å². The summed E-state index contributed by atoms with van der Waals surface area (Å²) in [4.78, 5) is 14.3. The lowest BCUT2D eigenvalue weighted by Gasteiger charge is -2.38. The number of nitrogens with zero attached hydrogens (tertiary/aromatic N) is 4. The van der Waals surface area contributed by atoms with E-state index in [1.54, 1.807) is 0 Å². The van der Waals surface area contributed by atoms with Gasteiger partial charge in [-0.3, -0.25) is 0 Å². The molecule has 1 spiro atoms. The minimum Gasteiger partial charge on any atom is -0.375 e. The molecule has 0 radical (unpaired) electrons. The fourth-order valence-corrected chi connectivity index (χ4v) is 4.55. The van der Waals surface area contributed by atoms with Crippen molar-refractivity contribution in [2.75, 3.05) is 44.2 Å². The number of ether oxygens (including phenoxy) is 1. The van der Waals surface area contributed by atoms with Crippen LogP contribution in [0.5, 0.6) is 0 Å². The lowest BCUT2D eigenvalue weighted by Crippen LogP contribution is -2.42. The molecule has 4 rings (SSSR count). The van der Waals surface area contributed by atoms with Gasteiger partial charge >= 0.3 is 0 Å². The molecule has 1 aliphatic carbocycles.